The smallest absolute Gasteiger partial charge is 0.254 e. The van der Waals surface area contributed by atoms with E-state index in [-0.39, 0.29) is 29.0 Å². The van der Waals surface area contributed by atoms with Gasteiger partial charge in [-0.05, 0) is 81.6 Å². The number of hydrogen-bond donors (Lipinski definition) is 4. The van der Waals surface area contributed by atoms with Gasteiger partial charge in [-0.15, -0.1) is 0 Å². The van der Waals surface area contributed by atoms with E-state index in [4.69, 9.17) is 53.7 Å². The lowest BCUT2D eigenvalue weighted by Gasteiger charge is -2.62. The number of benzene rings is 2. The van der Waals surface area contributed by atoms with Gasteiger partial charge in [-0.25, -0.2) is 4.98 Å². The number of nitrogen functional groups attached to an aromatic ring is 1. The Morgan fingerprint density at radius 3 is 2.25 bits per heavy atom. The van der Waals surface area contributed by atoms with E-state index >= 15 is 0 Å². The number of nitrogens with two attached hydrogens (primary N) is 1. The van der Waals surface area contributed by atoms with Crippen molar-refractivity contribution >= 4 is 71.1 Å². The number of amides is 3. The van der Waals surface area contributed by atoms with Crippen LogP contribution in [-0.4, -0.2) is 114 Å². The molecule has 3 aliphatic rings. The number of aromatic nitrogens is 2. The van der Waals surface area contributed by atoms with Gasteiger partial charge in [0.05, 0.1) is 21.3 Å². The Morgan fingerprint density at radius 1 is 0.984 bits per heavy atom. The summed E-state index contributed by atoms with van der Waals surface area (Å²) >= 11 is 12.7. The Labute approximate surface area is 378 Å². The molecule has 5 N–H and O–H groups in total. The van der Waals surface area contributed by atoms with Crippen molar-refractivity contribution in [2.45, 2.75) is 64.8 Å². The topological polar surface area (TPSA) is 198 Å². The molecule has 0 aliphatic carbocycles. The third-order valence-electron chi connectivity index (χ3n) is 12.3. The highest BCUT2D eigenvalue weighted by molar-refractivity contribution is 6.35. The lowest BCUT2D eigenvalue weighted by molar-refractivity contribution is -0.145. The van der Waals surface area contributed by atoms with Crippen LogP contribution < -0.4 is 25.6 Å². The highest BCUT2D eigenvalue weighted by Crippen LogP contribution is 2.44. The first kappa shape index (κ1) is 46.9. The average Bonchev–Trinajstić information content (AvgIpc) is 3.25. The van der Waals surface area contributed by atoms with E-state index in [0.29, 0.717) is 62.1 Å². The molecule has 2 aromatic heterocycles. The molecule has 63 heavy (non-hydrogen) atoms. The number of nitrogens with zero attached hydrogens (tertiary/aromatic N) is 6. The van der Waals surface area contributed by atoms with Crippen molar-refractivity contribution in [1.29, 1.82) is 5.41 Å². The zero-order valence-electron chi connectivity index (χ0n) is 36.0. The molecule has 3 amide bonds. The van der Waals surface area contributed by atoms with E-state index in [1.54, 1.807) is 47.7 Å². The van der Waals surface area contributed by atoms with Crippen molar-refractivity contribution in [3.63, 3.8) is 0 Å². The van der Waals surface area contributed by atoms with Gasteiger partial charge in [0.2, 0.25) is 12.8 Å². The summed E-state index contributed by atoms with van der Waals surface area (Å²) in [5, 5.41) is 22.9. The molecular weight excluding hydrogens is 845 g/mol. The molecule has 0 saturated carbocycles. The minimum absolute atomic E-state index is 0.0839. The van der Waals surface area contributed by atoms with Crippen LogP contribution in [0, 0.1) is 16.7 Å². The number of nitrogens with one attached hydrogen (secondary N) is 2. The molecule has 0 bridgehead atoms. The van der Waals surface area contributed by atoms with Crippen LogP contribution in [0.2, 0.25) is 10.0 Å². The summed E-state index contributed by atoms with van der Waals surface area (Å²) < 4.78 is 6.15. The maximum absolute atomic E-state index is 13.4. The molecular formula is C46H55Cl2N9O6. The molecule has 334 valence electrons. The fourth-order valence-corrected chi connectivity index (χ4v) is 9.39. The Balaban J connectivity index is 0.00000125. The molecule has 4 aromatic rings. The van der Waals surface area contributed by atoms with Crippen LogP contribution in [-0.2, 0) is 9.59 Å². The standard InChI is InChI=1S/C44H52Cl2N8O4.C2H3NO2/c1-5-6-27(2)51(4)43(57)34-17-32(9-7-31(34)22-55)52-15-13-29(14-16-52)42(56)54-25-44(26-54)23-53(24-44)39-12-8-30(19-50-39)41(48)35-18-33(10-11-38(35)47)58-28(3)40-36(45)20-49-21-37(40)46;4-1-3-2-5/h7-12,17-22,27-29,42,48,56H,5-6,13-16,23-26,47H2,1-4H3;1-2H,(H,3,4,5)/t27?,28-,42?;/m1./s1. The fraction of sp³-hybridized carbons (Fsp3) is 0.413. The number of aldehydes is 1. The van der Waals surface area contributed by atoms with Gasteiger partial charge in [-0.2, -0.15) is 0 Å². The van der Waals surface area contributed by atoms with Gasteiger partial charge in [0, 0.05) is 116 Å². The number of likely N-dealkylation sites (tertiary alicyclic amines) is 1. The molecule has 2 unspecified atom stereocenters. The second kappa shape index (κ2) is 20.7. The quantitative estimate of drug-likeness (QED) is 0.0562. The first-order chi connectivity index (χ1) is 30.2. The molecule has 17 heteroatoms. The van der Waals surface area contributed by atoms with Crippen LogP contribution in [0.25, 0.3) is 0 Å². The van der Waals surface area contributed by atoms with Crippen molar-refractivity contribution in [3.05, 3.63) is 105 Å². The van der Waals surface area contributed by atoms with Gasteiger partial charge in [0.25, 0.3) is 5.91 Å². The van der Waals surface area contributed by atoms with E-state index in [0.717, 1.165) is 82.7 Å². The van der Waals surface area contributed by atoms with Crippen LogP contribution in [0.1, 0.15) is 90.0 Å². The number of pyridine rings is 2. The number of rotatable bonds is 16. The predicted molar refractivity (Wildman–Crippen MR) is 245 cm³/mol. The van der Waals surface area contributed by atoms with Crippen molar-refractivity contribution in [3.8, 4) is 5.75 Å². The molecule has 1 spiro atoms. The van der Waals surface area contributed by atoms with Crippen LogP contribution in [0.5, 0.6) is 5.75 Å². The van der Waals surface area contributed by atoms with E-state index in [1.807, 2.05) is 38.1 Å². The number of aliphatic hydroxyl groups excluding tert-OH is 1. The predicted octanol–water partition coefficient (Wildman–Crippen LogP) is 6.24. The minimum Gasteiger partial charge on any atom is -0.486 e. The molecule has 5 heterocycles. The zero-order chi connectivity index (χ0) is 45.4. The summed E-state index contributed by atoms with van der Waals surface area (Å²) in [5.41, 5.74) is 10.7. The van der Waals surface area contributed by atoms with E-state index < -0.39 is 12.3 Å². The summed E-state index contributed by atoms with van der Waals surface area (Å²) in [4.78, 5) is 60.5. The lowest BCUT2D eigenvalue weighted by Crippen LogP contribution is -2.74. The first-order valence-electron chi connectivity index (χ1n) is 21.0. The van der Waals surface area contributed by atoms with Crippen molar-refractivity contribution < 1.29 is 29.0 Å². The Bertz CT molecular complexity index is 2250. The highest BCUT2D eigenvalue weighted by Gasteiger charge is 2.54. The Morgan fingerprint density at radius 2 is 1.67 bits per heavy atom. The summed E-state index contributed by atoms with van der Waals surface area (Å²) in [6, 6.07) is 14.7. The monoisotopic (exact) mass is 899 g/mol. The largest absolute Gasteiger partial charge is 0.486 e. The molecule has 15 nitrogen and oxygen atoms in total. The van der Waals surface area contributed by atoms with Gasteiger partial charge in [0.1, 0.15) is 23.9 Å². The van der Waals surface area contributed by atoms with Gasteiger partial charge in [-0.3, -0.25) is 34.5 Å². The number of anilines is 3. The summed E-state index contributed by atoms with van der Waals surface area (Å²) in [6.45, 7) is 10.9. The van der Waals surface area contributed by atoms with Gasteiger partial charge in [0.15, 0.2) is 6.29 Å². The van der Waals surface area contributed by atoms with E-state index in [1.165, 1.54) is 12.4 Å². The number of carbonyl (C=O) groups is 4. The fourth-order valence-electron chi connectivity index (χ4n) is 8.71. The highest BCUT2D eigenvalue weighted by atomic mass is 35.5. The number of piperidine rings is 1. The lowest BCUT2D eigenvalue weighted by atomic mass is 9.72. The molecule has 3 aliphatic heterocycles. The minimum atomic E-state index is -0.501. The molecule has 3 saturated heterocycles. The third-order valence-corrected chi connectivity index (χ3v) is 12.9. The van der Waals surface area contributed by atoms with Crippen molar-refractivity contribution in [2.24, 2.45) is 11.3 Å². The van der Waals surface area contributed by atoms with Crippen molar-refractivity contribution in [2.75, 3.05) is 61.8 Å². The number of imide groups is 1. The van der Waals surface area contributed by atoms with E-state index in [9.17, 15) is 14.7 Å². The Kier molecular flexibility index (Phi) is 15.4. The number of hydrogen-bond acceptors (Lipinski definition) is 13. The Hall–Kier alpha value is -5.61. The van der Waals surface area contributed by atoms with E-state index in [2.05, 4.69) is 26.6 Å². The molecule has 2 aromatic carbocycles. The van der Waals surface area contributed by atoms with Crippen LogP contribution in [0.15, 0.2) is 67.1 Å². The van der Waals surface area contributed by atoms with Crippen LogP contribution in [0.4, 0.5) is 17.2 Å². The first-order valence-corrected chi connectivity index (χ1v) is 21.8. The second-order valence-corrected chi connectivity index (χ2v) is 17.5. The summed E-state index contributed by atoms with van der Waals surface area (Å²) in [7, 11) is 1.80. The normalized spacial score (nSPS) is 17.2. The van der Waals surface area contributed by atoms with Gasteiger partial charge >= 0.3 is 0 Å². The molecule has 7 rings (SSSR count). The maximum atomic E-state index is 13.4. The van der Waals surface area contributed by atoms with Gasteiger partial charge < -0.3 is 35.6 Å². The third kappa shape index (κ3) is 10.6. The number of ether oxygens (including phenoxy) is 1. The average molecular weight is 901 g/mol. The molecule has 3 atom stereocenters. The van der Waals surface area contributed by atoms with Crippen LogP contribution >= 0.6 is 23.2 Å². The second-order valence-electron chi connectivity index (χ2n) is 16.7. The van der Waals surface area contributed by atoms with Gasteiger partial charge in [-0.1, -0.05) is 36.5 Å². The number of halogens is 2. The zero-order valence-corrected chi connectivity index (χ0v) is 37.5. The number of aliphatic hydroxyl groups is 1. The summed E-state index contributed by atoms with van der Waals surface area (Å²) in [5.74, 6) is 1.41. The SMILES string of the molecule is CCCC(C)N(C)C(=O)c1cc(N2CCC(C(O)N3CC4(CN(c5ccc(C(=N)c6cc(O[C@H](C)c7c(Cl)cncc7Cl)ccc6N)cn5)C4)C3)CC2)ccc1C=O.O=CNC=O. The molecule has 0 radical (unpaired) electrons. The number of carbonyl (C=O) groups excluding carboxylic acids is 4. The molecule has 3 fully saturated rings. The summed E-state index contributed by atoms with van der Waals surface area (Å²) in [6.07, 6.45) is 8.74. The van der Waals surface area contributed by atoms with Crippen molar-refractivity contribution in [1.82, 2.24) is 25.1 Å². The maximum Gasteiger partial charge on any atom is 0.254 e. The van der Waals surface area contributed by atoms with Crippen LogP contribution in [0.3, 0.4) is 0 Å².